The zero-order chi connectivity index (χ0) is 17.4. The Labute approximate surface area is 156 Å². The summed E-state index contributed by atoms with van der Waals surface area (Å²) in [5.41, 5.74) is 0. The van der Waals surface area contributed by atoms with Gasteiger partial charge in [-0.15, -0.1) is 11.8 Å². The van der Waals surface area contributed by atoms with Crippen molar-refractivity contribution in [2.45, 2.75) is 24.3 Å². The number of halogens is 2. The highest BCUT2D eigenvalue weighted by molar-refractivity contribution is 7.99. The van der Waals surface area contributed by atoms with Gasteiger partial charge in [0.15, 0.2) is 6.10 Å². The van der Waals surface area contributed by atoms with Gasteiger partial charge in [-0.25, -0.2) is 0 Å². The number of ether oxygens (including phenoxy) is 1. The standard InChI is InChI=1S/C18H19Cl2NO2S/c1-2-17(23-15-7-3-13(19)4-8-15)18(22)21-11-12-24-16-9-5-14(20)6-10-16/h3-10,17H,2,11-12H2,1H3,(H,21,22)/t17-/m1/s1. The number of carbonyl (C=O) groups is 1. The average Bonchev–Trinajstić information content (AvgIpc) is 2.59. The Morgan fingerprint density at radius 3 is 2.25 bits per heavy atom. The lowest BCUT2D eigenvalue weighted by molar-refractivity contribution is -0.127. The second-order valence-corrected chi connectivity index (χ2v) is 7.10. The van der Waals surface area contributed by atoms with Crippen molar-refractivity contribution in [2.24, 2.45) is 0 Å². The maximum Gasteiger partial charge on any atom is 0.261 e. The summed E-state index contributed by atoms with van der Waals surface area (Å²) in [6, 6.07) is 14.6. The minimum atomic E-state index is -0.508. The van der Waals surface area contributed by atoms with E-state index in [9.17, 15) is 4.79 Å². The molecule has 1 amide bonds. The Balaban J connectivity index is 1.75. The molecule has 6 heteroatoms. The SMILES string of the molecule is CC[C@@H](Oc1ccc(Cl)cc1)C(=O)NCCSc1ccc(Cl)cc1. The molecular formula is C18H19Cl2NO2S. The number of nitrogens with one attached hydrogen (secondary N) is 1. The summed E-state index contributed by atoms with van der Waals surface area (Å²) in [5.74, 6) is 1.31. The quantitative estimate of drug-likeness (QED) is 0.511. The summed E-state index contributed by atoms with van der Waals surface area (Å²) < 4.78 is 5.72. The maximum atomic E-state index is 12.2. The van der Waals surface area contributed by atoms with Gasteiger partial charge in [0.25, 0.3) is 5.91 Å². The van der Waals surface area contributed by atoms with Crippen LogP contribution in [0.15, 0.2) is 53.4 Å². The molecule has 2 aromatic carbocycles. The van der Waals surface area contributed by atoms with Crippen molar-refractivity contribution in [3.05, 3.63) is 58.6 Å². The van der Waals surface area contributed by atoms with Crippen molar-refractivity contribution >= 4 is 40.9 Å². The summed E-state index contributed by atoms with van der Waals surface area (Å²) in [6.07, 6.45) is 0.0883. The molecule has 0 fully saturated rings. The fourth-order valence-electron chi connectivity index (χ4n) is 1.99. The van der Waals surface area contributed by atoms with Gasteiger partial charge in [-0.1, -0.05) is 30.1 Å². The number of benzene rings is 2. The predicted molar refractivity (Wildman–Crippen MR) is 101 cm³/mol. The van der Waals surface area contributed by atoms with E-state index < -0.39 is 6.10 Å². The molecule has 24 heavy (non-hydrogen) atoms. The molecule has 0 aliphatic heterocycles. The Morgan fingerprint density at radius 1 is 1.08 bits per heavy atom. The molecule has 3 nitrogen and oxygen atoms in total. The van der Waals surface area contributed by atoms with Crippen LogP contribution in [0.1, 0.15) is 13.3 Å². The predicted octanol–water partition coefficient (Wildman–Crippen LogP) is 5.06. The third-order valence-corrected chi connectivity index (χ3v) is 4.76. The first-order chi connectivity index (χ1) is 11.6. The summed E-state index contributed by atoms with van der Waals surface area (Å²) in [4.78, 5) is 13.3. The average molecular weight is 384 g/mol. The van der Waals surface area contributed by atoms with E-state index in [0.717, 1.165) is 15.7 Å². The Bertz CT molecular complexity index is 647. The van der Waals surface area contributed by atoms with E-state index in [2.05, 4.69) is 5.32 Å². The number of hydrogen-bond donors (Lipinski definition) is 1. The van der Waals surface area contributed by atoms with Crippen molar-refractivity contribution < 1.29 is 9.53 Å². The van der Waals surface area contributed by atoms with Crippen LogP contribution in [-0.4, -0.2) is 24.3 Å². The molecule has 1 atom stereocenters. The van der Waals surface area contributed by atoms with E-state index in [4.69, 9.17) is 27.9 Å². The maximum absolute atomic E-state index is 12.2. The Hall–Kier alpha value is -1.36. The molecule has 0 spiro atoms. The normalized spacial score (nSPS) is 11.8. The van der Waals surface area contributed by atoms with Crippen LogP contribution in [0.25, 0.3) is 0 Å². The van der Waals surface area contributed by atoms with Gasteiger partial charge < -0.3 is 10.1 Å². The van der Waals surface area contributed by atoms with Gasteiger partial charge in [-0.3, -0.25) is 4.79 Å². The van der Waals surface area contributed by atoms with Crippen molar-refractivity contribution in [3.63, 3.8) is 0 Å². The van der Waals surface area contributed by atoms with Crippen LogP contribution >= 0.6 is 35.0 Å². The fraction of sp³-hybridized carbons (Fsp3) is 0.278. The molecule has 0 saturated heterocycles. The molecule has 0 aromatic heterocycles. The molecule has 2 rings (SSSR count). The van der Waals surface area contributed by atoms with E-state index in [0.29, 0.717) is 23.7 Å². The molecular weight excluding hydrogens is 365 g/mol. The largest absolute Gasteiger partial charge is 0.481 e. The monoisotopic (exact) mass is 383 g/mol. The third-order valence-electron chi connectivity index (χ3n) is 3.24. The highest BCUT2D eigenvalue weighted by Crippen LogP contribution is 2.20. The first-order valence-electron chi connectivity index (χ1n) is 7.67. The second-order valence-electron chi connectivity index (χ2n) is 5.06. The Morgan fingerprint density at radius 2 is 1.67 bits per heavy atom. The van der Waals surface area contributed by atoms with Gasteiger partial charge in [0.1, 0.15) is 5.75 Å². The van der Waals surface area contributed by atoms with Gasteiger partial charge in [-0.2, -0.15) is 0 Å². The molecule has 128 valence electrons. The number of hydrogen-bond acceptors (Lipinski definition) is 3. The molecule has 0 saturated carbocycles. The lowest BCUT2D eigenvalue weighted by Gasteiger charge is -2.17. The number of rotatable bonds is 8. The lowest BCUT2D eigenvalue weighted by atomic mass is 10.2. The van der Waals surface area contributed by atoms with Crippen molar-refractivity contribution in [3.8, 4) is 5.75 Å². The van der Waals surface area contributed by atoms with Crippen molar-refractivity contribution in [1.82, 2.24) is 5.32 Å². The minimum Gasteiger partial charge on any atom is -0.481 e. The van der Waals surface area contributed by atoms with Gasteiger partial charge in [0, 0.05) is 27.2 Å². The van der Waals surface area contributed by atoms with Gasteiger partial charge in [0.05, 0.1) is 0 Å². The van der Waals surface area contributed by atoms with Crippen LogP contribution < -0.4 is 10.1 Å². The topological polar surface area (TPSA) is 38.3 Å². The van der Waals surface area contributed by atoms with Crippen molar-refractivity contribution in [1.29, 1.82) is 0 Å². The van der Waals surface area contributed by atoms with Crippen LogP contribution in [0.2, 0.25) is 10.0 Å². The van der Waals surface area contributed by atoms with Crippen LogP contribution in [-0.2, 0) is 4.79 Å². The van der Waals surface area contributed by atoms with Crippen LogP contribution in [0, 0.1) is 0 Å². The van der Waals surface area contributed by atoms with E-state index in [1.165, 1.54) is 0 Å². The number of thioether (sulfide) groups is 1. The first-order valence-corrected chi connectivity index (χ1v) is 9.41. The molecule has 0 aliphatic carbocycles. The molecule has 0 aliphatic rings. The van der Waals surface area contributed by atoms with Crippen molar-refractivity contribution in [2.75, 3.05) is 12.3 Å². The summed E-state index contributed by atoms with van der Waals surface area (Å²) in [7, 11) is 0. The second kappa shape index (κ2) is 9.82. The van der Waals surface area contributed by atoms with Gasteiger partial charge >= 0.3 is 0 Å². The van der Waals surface area contributed by atoms with Gasteiger partial charge in [0.2, 0.25) is 0 Å². The van der Waals surface area contributed by atoms with Crippen LogP contribution in [0.5, 0.6) is 5.75 Å². The summed E-state index contributed by atoms with van der Waals surface area (Å²) in [6.45, 7) is 2.50. The first kappa shape index (κ1) is 19.0. The van der Waals surface area contributed by atoms with E-state index in [1.807, 2.05) is 31.2 Å². The van der Waals surface area contributed by atoms with E-state index in [1.54, 1.807) is 36.0 Å². The van der Waals surface area contributed by atoms with Crippen LogP contribution in [0.4, 0.5) is 0 Å². The summed E-state index contributed by atoms with van der Waals surface area (Å²) >= 11 is 13.4. The highest BCUT2D eigenvalue weighted by atomic mass is 35.5. The Kier molecular flexibility index (Phi) is 7.76. The molecule has 0 radical (unpaired) electrons. The lowest BCUT2D eigenvalue weighted by Crippen LogP contribution is -2.39. The number of carbonyl (C=O) groups excluding carboxylic acids is 1. The molecule has 0 unspecified atom stereocenters. The number of amides is 1. The summed E-state index contributed by atoms with van der Waals surface area (Å²) in [5, 5.41) is 4.27. The van der Waals surface area contributed by atoms with E-state index in [-0.39, 0.29) is 5.91 Å². The molecule has 0 heterocycles. The smallest absolute Gasteiger partial charge is 0.261 e. The molecule has 2 aromatic rings. The fourth-order valence-corrected chi connectivity index (χ4v) is 3.01. The zero-order valence-corrected chi connectivity index (χ0v) is 15.6. The van der Waals surface area contributed by atoms with Crippen LogP contribution in [0.3, 0.4) is 0 Å². The zero-order valence-electron chi connectivity index (χ0n) is 13.3. The highest BCUT2D eigenvalue weighted by Gasteiger charge is 2.17. The third kappa shape index (κ3) is 6.27. The molecule has 0 bridgehead atoms. The molecule has 1 N–H and O–H groups in total. The van der Waals surface area contributed by atoms with E-state index >= 15 is 0 Å². The minimum absolute atomic E-state index is 0.107. The van der Waals surface area contributed by atoms with Gasteiger partial charge in [-0.05, 0) is 55.0 Å².